The standard InChI is InChI=1S/C15H20N2O3S/c1-16(2)12-6-3-11(4-7-12)5-8-14(18)17-10-21-9-13(17)15(19)20/h3-4,6-7,13H,5,8-10H2,1-2H3,(H,19,20). The Balaban J connectivity index is 1.90. The molecule has 0 radical (unpaired) electrons. The van der Waals surface area contributed by atoms with Crippen molar-refractivity contribution in [1.29, 1.82) is 0 Å². The van der Waals surface area contributed by atoms with Gasteiger partial charge in [-0.1, -0.05) is 12.1 Å². The number of carbonyl (C=O) groups is 2. The second-order valence-corrected chi connectivity index (χ2v) is 6.28. The van der Waals surface area contributed by atoms with Gasteiger partial charge in [0.15, 0.2) is 0 Å². The maximum atomic E-state index is 12.1. The van der Waals surface area contributed by atoms with Gasteiger partial charge in [0.2, 0.25) is 5.91 Å². The molecule has 1 aliphatic rings. The molecule has 1 saturated heterocycles. The van der Waals surface area contributed by atoms with E-state index in [-0.39, 0.29) is 5.91 Å². The summed E-state index contributed by atoms with van der Waals surface area (Å²) in [4.78, 5) is 26.7. The molecule has 6 heteroatoms. The minimum absolute atomic E-state index is 0.0795. The van der Waals surface area contributed by atoms with E-state index in [1.807, 2.05) is 43.3 Å². The zero-order chi connectivity index (χ0) is 15.4. The van der Waals surface area contributed by atoms with Crippen LogP contribution in [0.15, 0.2) is 24.3 Å². The zero-order valence-electron chi connectivity index (χ0n) is 12.3. The smallest absolute Gasteiger partial charge is 0.327 e. The highest BCUT2D eigenvalue weighted by Gasteiger charge is 2.33. The highest BCUT2D eigenvalue weighted by atomic mass is 32.2. The number of aliphatic carboxylic acids is 1. The first kappa shape index (κ1) is 15.7. The van der Waals surface area contributed by atoms with E-state index in [1.54, 1.807) is 0 Å². The summed E-state index contributed by atoms with van der Waals surface area (Å²) in [6, 6.07) is 7.39. The molecule has 21 heavy (non-hydrogen) atoms. The quantitative estimate of drug-likeness (QED) is 0.896. The molecule has 5 nitrogen and oxygen atoms in total. The molecule has 0 spiro atoms. The van der Waals surface area contributed by atoms with E-state index >= 15 is 0 Å². The van der Waals surface area contributed by atoms with E-state index in [0.29, 0.717) is 24.5 Å². The molecule has 1 N–H and O–H groups in total. The average Bonchev–Trinajstić information content (AvgIpc) is 2.95. The van der Waals surface area contributed by atoms with Crippen molar-refractivity contribution in [2.45, 2.75) is 18.9 Å². The molecule has 1 fully saturated rings. The number of anilines is 1. The van der Waals surface area contributed by atoms with Crippen LogP contribution in [0.4, 0.5) is 5.69 Å². The van der Waals surface area contributed by atoms with Gasteiger partial charge in [0.05, 0.1) is 5.88 Å². The maximum Gasteiger partial charge on any atom is 0.327 e. The highest BCUT2D eigenvalue weighted by molar-refractivity contribution is 7.99. The van der Waals surface area contributed by atoms with E-state index in [4.69, 9.17) is 5.11 Å². The van der Waals surface area contributed by atoms with Gasteiger partial charge in [0.1, 0.15) is 6.04 Å². The fraction of sp³-hybridized carbons (Fsp3) is 0.467. The Morgan fingerprint density at radius 1 is 1.33 bits per heavy atom. The molecule has 2 rings (SSSR count). The number of aryl methyl sites for hydroxylation is 1. The predicted octanol–water partition coefficient (Wildman–Crippen LogP) is 1.67. The van der Waals surface area contributed by atoms with Gasteiger partial charge < -0.3 is 14.9 Å². The van der Waals surface area contributed by atoms with Crippen molar-refractivity contribution < 1.29 is 14.7 Å². The van der Waals surface area contributed by atoms with E-state index in [9.17, 15) is 9.59 Å². The molecule has 0 bridgehead atoms. The fourth-order valence-electron chi connectivity index (χ4n) is 2.25. The van der Waals surface area contributed by atoms with Crippen LogP contribution in [-0.4, -0.2) is 53.6 Å². The lowest BCUT2D eigenvalue weighted by molar-refractivity contribution is -0.147. The van der Waals surface area contributed by atoms with Gasteiger partial charge in [0.25, 0.3) is 0 Å². The number of nitrogens with zero attached hydrogens (tertiary/aromatic N) is 2. The summed E-state index contributed by atoms with van der Waals surface area (Å²) in [5, 5.41) is 9.09. The molecule has 1 amide bonds. The van der Waals surface area contributed by atoms with Crippen LogP contribution in [0.2, 0.25) is 0 Å². The molecular weight excluding hydrogens is 288 g/mol. The second-order valence-electron chi connectivity index (χ2n) is 5.28. The van der Waals surface area contributed by atoms with Crippen molar-refractivity contribution in [3.8, 4) is 0 Å². The largest absolute Gasteiger partial charge is 0.480 e. The van der Waals surface area contributed by atoms with Crippen LogP contribution in [0.1, 0.15) is 12.0 Å². The van der Waals surface area contributed by atoms with Crippen molar-refractivity contribution in [3.05, 3.63) is 29.8 Å². The summed E-state index contributed by atoms with van der Waals surface area (Å²) in [5.41, 5.74) is 2.21. The van der Waals surface area contributed by atoms with Crippen LogP contribution in [-0.2, 0) is 16.0 Å². The predicted molar refractivity (Wildman–Crippen MR) is 84.7 cm³/mol. The zero-order valence-corrected chi connectivity index (χ0v) is 13.1. The highest BCUT2D eigenvalue weighted by Crippen LogP contribution is 2.22. The molecule has 1 aromatic rings. The van der Waals surface area contributed by atoms with E-state index in [0.717, 1.165) is 11.3 Å². The molecule has 1 unspecified atom stereocenters. The first-order valence-corrected chi connectivity index (χ1v) is 8.01. The molecule has 1 aliphatic heterocycles. The van der Waals surface area contributed by atoms with E-state index in [1.165, 1.54) is 16.7 Å². The number of rotatable bonds is 5. The third-order valence-electron chi connectivity index (χ3n) is 3.57. The topological polar surface area (TPSA) is 60.9 Å². The van der Waals surface area contributed by atoms with Crippen molar-refractivity contribution in [1.82, 2.24) is 4.90 Å². The molecular formula is C15H20N2O3S. The Hall–Kier alpha value is -1.69. The summed E-state index contributed by atoms with van der Waals surface area (Å²) >= 11 is 1.49. The molecule has 0 aromatic heterocycles. The Labute approximate surface area is 128 Å². The number of thioether (sulfide) groups is 1. The first-order valence-electron chi connectivity index (χ1n) is 6.85. The minimum atomic E-state index is -0.913. The lowest BCUT2D eigenvalue weighted by atomic mass is 10.1. The van der Waals surface area contributed by atoms with Gasteiger partial charge in [0, 0.05) is 32.0 Å². The SMILES string of the molecule is CN(C)c1ccc(CCC(=O)N2CSCC2C(=O)O)cc1. The molecule has 0 saturated carbocycles. The van der Waals surface area contributed by atoms with Gasteiger partial charge >= 0.3 is 5.97 Å². The summed E-state index contributed by atoms with van der Waals surface area (Å²) in [6.07, 6.45) is 0.992. The van der Waals surface area contributed by atoms with Crippen LogP contribution in [0, 0.1) is 0 Å². The average molecular weight is 308 g/mol. The molecule has 0 aliphatic carbocycles. The lowest BCUT2D eigenvalue weighted by Gasteiger charge is -2.20. The summed E-state index contributed by atoms with van der Waals surface area (Å²) in [5.74, 6) is -0.0266. The number of carboxylic acid groups (broad SMARTS) is 1. The number of hydrogen-bond acceptors (Lipinski definition) is 4. The van der Waals surface area contributed by atoms with E-state index < -0.39 is 12.0 Å². The van der Waals surface area contributed by atoms with Gasteiger partial charge in [-0.15, -0.1) is 11.8 Å². The van der Waals surface area contributed by atoms with Gasteiger partial charge in [-0.25, -0.2) is 4.79 Å². The van der Waals surface area contributed by atoms with Crippen LogP contribution in [0.3, 0.4) is 0 Å². The summed E-state index contributed by atoms with van der Waals surface area (Å²) in [6.45, 7) is 0. The molecule has 1 aromatic carbocycles. The van der Waals surface area contributed by atoms with Crippen molar-refractivity contribution in [2.24, 2.45) is 0 Å². The van der Waals surface area contributed by atoms with E-state index in [2.05, 4.69) is 0 Å². The minimum Gasteiger partial charge on any atom is -0.480 e. The van der Waals surface area contributed by atoms with Gasteiger partial charge in [-0.2, -0.15) is 0 Å². The van der Waals surface area contributed by atoms with Crippen molar-refractivity contribution in [3.63, 3.8) is 0 Å². The Bertz CT molecular complexity index is 516. The fourth-order valence-corrected chi connectivity index (χ4v) is 3.42. The second kappa shape index (κ2) is 6.85. The van der Waals surface area contributed by atoms with Crippen molar-refractivity contribution >= 4 is 29.3 Å². The van der Waals surface area contributed by atoms with Gasteiger partial charge in [-0.3, -0.25) is 4.79 Å². The third kappa shape index (κ3) is 3.91. The molecule has 1 atom stereocenters. The molecule has 114 valence electrons. The normalized spacial score (nSPS) is 17.8. The van der Waals surface area contributed by atoms with Crippen LogP contribution < -0.4 is 4.90 Å². The van der Waals surface area contributed by atoms with Crippen LogP contribution in [0.25, 0.3) is 0 Å². The monoisotopic (exact) mass is 308 g/mol. The number of amides is 1. The Kier molecular flexibility index (Phi) is 5.12. The number of carboxylic acids is 1. The van der Waals surface area contributed by atoms with Gasteiger partial charge in [-0.05, 0) is 24.1 Å². The van der Waals surface area contributed by atoms with Crippen LogP contribution in [0.5, 0.6) is 0 Å². The summed E-state index contributed by atoms with van der Waals surface area (Å²) < 4.78 is 0. The maximum absolute atomic E-state index is 12.1. The molecule has 1 heterocycles. The first-order chi connectivity index (χ1) is 9.99. The Morgan fingerprint density at radius 2 is 2.00 bits per heavy atom. The van der Waals surface area contributed by atoms with Crippen molar-refractivity contribution in [2.75, 3.05) is 30.6 Å². The summed E-state index contributed by atoms with van der Waals surface area (Å²) in [7, 11) is 3.96. The third-order valence-corrected chi connectivity index (χ3v) is 4.58. The lowest BCUT2D eigenvalue weighted by Crippen LogP contribution is -2.41. The number of hydrogen-bond donors (Lipinski definition) is 1. The van der Waals surface area contributed by atoms with Crippen LogP contribution >= 0.6 is 11.8 Å². The number of benzene rings is 1. The number of carbonyl (C=O) groups excluding carboxylic acids is 1. The Morgan fingerprint density at radius 3 is 2.57 bits per heavy atom.